The van der Waals surface area contributed by atoms with Gasteiger partial charge in [0.1, 0.15) is 36.1 Å². The molecule has 8 heteroatoms. The average molecular weight is 722 g/mol. The number of likely N-dealkylation sites (N-methyl/N-ethyl adjacent to an activating group) is 1. The van der Waals surface area contributed by atoms with Crippen LogP contribution in [0.3, 0.4) is 0 Å². The molecule has 4 bridgehead atoms. The Bertz CT molecular complexity index is 1960. The molecule has 1 spiro atoms. The normalized spacial score (nSPS) is 15.4. The molecule has 8 rings (SSSR count). The first kappa shape index (κ1) is 31.6. The summed E-state index contributed by atoms with van der Waals surface area (Å²) < 4.78 is 12.4. The molecule has 1 aliphatic carbocycles. The molecular formula is C40H33N5O2Pd. The van der Waals surface area contributed by atoms with Gasteiger partial charge in [-0.15, -0.1) is 22.8 Å². The molecule has 0 radical (unpaired) electrons. The number of aromatic nitrogens is 2. The number of fused-ring (bicyclic) bond motifs is 13. The zero-order valence-electron chi connectivity index (χ0n) is 26.4. The van der Waals surface area contributed by atoms with E-state index in [9.17, 15) is 0 Å². The van der Waals surface area contributed by atoms with E-state index >= 15 is 0 Å². The van der Waals surface area contributed by atoms with Crippen LogP contribution in [-0.2, 0) is 25.8 Å². The second-order valence-corrected chi connectivity index (χ2v) is 11.8. The van der Waals surface area contributed by atoms with E-state index in [0.717, 1.165) is 69.9 Å². The van der Waals surface area contributed by atoms with Crippen LogP contribution in [0.2, 0.25) is 0 Å². The smallest absolute Gasteiger partial charge is 0.659 e. The summed E-state index contributed by atoms with van der Waals surface area (Å²) >= 11 is 0. The molecule has 0 amide bonds. The number of nitrogens with zero attached hydrogens (tertiary/aromatic N) is 5. The van der Waals surface area contributed by atoms with Crippen LogP contribution in [0.25, 0.3) is 11.1 Å². The molecule has 240 valence electrons. The quantitative estimate of drug-likeness (QED) is 0.156. The molecule has 0 atom stereocenters. The Balaban J connectivity index is 0.00000364. The van der Waals surface area contributed by atoms with Crippen LogP contribution >= 0.6 is 0 Å². The fraction of sp³-hybridized carbons (Fsp3) is 0.150. The number of ether oxygens (including phenoxy) is 2. The summed E-state index contributed by atoms with van der Waals surface area (Å²) in [5.41, 5.74) is 8.80. The predicted molar refractivity (Wildman–Crippen MR) is 186 cm³/mol. The molecule has 2 aromatic heterocycles. The third-order valence-electron chi connectivity index (χ3n) is 8.91. The van der Waals surface area contributed by atoms with Crippen molar-refractivity contribution in [2.24, 2.45) is 9.98 Å². The Morgan fingerprint density at radius 1 is 0.562 bits per heavy atom. The predicted octanol–water partition coefficient (Wildman–Crippen LogP) is 7.17. The van der Waals surface area contributed by atoms with E-state index in [2.05, 4.69) is 72.6 Å². The Morgan fingerprint density at radius 2 is 1.00 bits per heavy atom. The number of para-hydroxylation sites is 4. The zero-order chi connectivity index (χ0) is 31.6. The fourth-order valence-electron chi connectivity index (χ4n) is 6.61. The molecule has 2 aliphatic rings. The van der Waals surface area contributed by atoms with Crippen molar-refractivity contribution < 1.29 is 29.9 Å². The summed E-state index contributed by atoms with van der Waals surface area (Å²) in [5, 5.41) is 0. The topological polar surface area (TPSA) is 74.6 Å². The molecule has 0 saturated heterocycles. The van der Waals surface area contributed by atoms with Gasteiger partial charge in [0.25, 0.3) is 0 Å². The first-order chi connectivity index (χ1) is 23.2. The van der Waals surface area contributed by atoms with E-state index < -0.39 is 5.41 Å². The van der Waals surface area contributed by atoms with E-state index in [1.165, 1.54) is 11.1 Å². The third-order valence-corrected chi connectivity index (χ3v) is 8.91. The summed E-state index contributed by atoms with van der Waals surface area (Å²) in [6.07, 6.45) is 3.63. The van der Waals surface area contributed by atoms with Crippen LogP contribution in [0.1, 0.15) is 33.9 Å². The average Bonchev–Trinajstić information content (AvgIpc) is 3.85. The Morgan fingerprint density at radius 3 is 1.50 bits per heavy atom. The summed E-state index contributed by atoms with van der Waals surface area (Å²) in [6.45, 7) is 2.53. The van der Waals surface area contributed by atoms with Crippen molar-refractivity contribution in [3.05, 3.63) is 155 Å². The van der Waals surface area contributed by atoms with Gasteiger partial charge in [-0.05, 0) is 53.6 Å². The molecule has 0 N–H and O–H groups in total. The van der Waals surface area contributed by atoms with Gasteiger partial charge < -0.3 is 19.4 Å². The van der Waals surface area contributed by atoms with Crippen LogP contribution in [0, 0.1) is 0 Å². The molecule has 0 unspecified atom stereocenters. The van der Waals surface area contributed by atoms with E-state index in [4.69, 9.17) is 29.4 Å². The SMILES string of the molecule is CN1CCOc2ccccc2N=Cc2ccc([n-]2)C2(c3ccc([n-]3)C=Nc3ccccc3OCC1)c1ccccc1-c1ccccc12.[Pd+2]. The van der Waals surface area contributed by atoms with Crippen molar-refractivity contribution in [2.45, 2.75) is 5.41 Å². The van der Waals surface area contributed by atoms with Crippen LogP contribution in [0.5, 0.6) is 11.5 Å². The first-order valence-electron chi connectivity index (χ1n) is 15.9. The van der Waals surface area contributed by atoms with Crippen LogP contribution in [0.4, 0.5) is 11.4 Å². The Kier molecular flexibility index (Phi) is 8.97. The minimum absolute atomic E-state index is 0. The molecule has 0 saturated carbocycles. The summed E-state index contributed by atoms with van der Waals surface area (Å²) in [6, 6.07) is 41.1. The van der Waals surface area contributed by atoms with E-state index in [1.807, 2.05) is 73.1 Å². The number of hydrogen-bond acceptors (Lipinski definition) is 5. The molecule has 3 heterocycles. The maximum absolute atomic E-state index is 6.19. The van der Waals surface area contributed by atoms with Gasteiger partial charge in [-0.3, -0.25) is 14.9 Å². The van der Waals surface area contributed by atoms with Crippen molar-refractivity contribution in [1.82, 2.24) is 14.9 Å². The van der Waals surface area contributed by atoms with Gasteiger partial charge in [0.05, 0.1) is 0 Å². The van der Waals surface area contributed by atoms with E-state index in [1.54, 1.807) is 0 Å². The maximum atomic E-state index is 6.19. The number of benzene rings is 4. The van der Waals surface area contributed by atoms with E-state index in [-0.39, 0.29) is 20.4 Å². The number of aliphatic imine (C=N–C) groups is 2. The monoisotopic (exact) mass is 721 g/mol. The van der Waals surface area contributed by atoms with Crippen molar-refractivity contribution in [2.75, 3.05) is 33.4 Å². The summed E-state index contributed by atoms with van der Waals surface area (Å²) in [5.74, 6) is 1.47. The molecule has 7 nitrogen and oxygen atoms in total. The summed E-state index contributed by atoms with van der Waals surface area (Å²) in [7, 11) is 2.06. The van der Waals surface area contributed by atoms with Gasteiger partial charge in [0.15, 0.2) is 0 Å². The van der Waals surface area contributed by atoms with Crippen LogP contribution < -0.4 is 19.4 Å². The second kappa shape index (κ2) is 13.6. The van der Waals surface area contributed by atoms with Crippen molar-refractivity contribution >= 4 is 23.8 Å². The van der Waals surface area contributed by atoms with Gasteiger partial charge in [0.2, 0.25) is 0 Å². The Labute approximate surface area is 294 Å². The molecule has 48 heavy (non-hydrogen) atoms. The molecule has 1 aliphatic heterocycles. The van der Waals surface area contributed by atoms with Gasteiger partial charge in [-0.2, -0.15) is 0 Å². The largest absolute Gasteiger partial charge is 2.00 e. The Hall–Kier alpha value is -5.00. The van der Waals surface area contributed by atoms with Gasteiger partial charge >= 0.3 is 20.4 Å². The minimum atomic E-state index is -0.712. The van der Waals surface area contributed by atoms with Crippen LogP contribution in [0.15, 0.2) is 131 Å². The van der Waals surface area contributed by atoms with Crippen molar-refractivity contribution in [3.63, 3.8) is 0 Å². The van der Waals surface area contributed by atoms with Crippen molar-refractivity contribution in [1.29, 1.82) is 0 Å². The standard InChI is InChI=1S/C40H33N5O2.Pd/c1-45-22-24-46-36-16-8-6-14-34(36)41-26-28-18-20-38(43-28)40(32-12-4-2-10-30(32)31-11-3-5-13-33(31)40)39-21-19-29(44-39)27-42-35-15-7-9-17-37(35)47-25-23-45;/h2-21,26-27H,22-25H2,1H3;/q-2;+2. The van der Waals surface area contributed by atoms with E-state index in [0.29, 0.717) is 13.2 Å². The number of hydrogen-bond donors (Lipinski definition) is 0. The van der Waals surface area contributed by atoms with Crippen molar-refractivity contribution in [3.8, 4) is 22.6 Å². The zero-order valence-corrected chi connectivity index (χ0v) is 28.0. The summed E-state index contributed by atoms with van der Waals surface area (Å²) in [4.78, 5) is 22.3. The maximum Gasteiger partial charge on any atom is 2.00 e. The third kappa shape index (κ3) is 5.73. The molecule has 4 aromatic carbocycles. The first-order valence-corrected chi connectivity index (χ1v) is 15.9. The van der Waals surface area contributed by atoms with Gasteiger partial charge in [-0.1, -0.05) is 97.1 Å². The van der Waals surface area contributed by atoms with Gasteiger partial charge in [-0.25, -0.2) is 0 Å². The molecular weight excluding hydrogens is 689 g/mol. The number of rotatable bonds is 0. The minimum Gasteiger partial charge on any atom is -0.659 e. The molecule has 6 aromatic rings. The van der Waals surface area contributed by atoms with Crippen LogP contribution in [-0.4, -0.2) is 50.7 Å². The second-order valence-electron chi connectivity index (χ2n) is 11.8. The fourth-order valence-corrected chi connectivity index (χ4v) is 6.61. The molecule has 0 fully saturated rings. The van der Waals surface area contributed by atoms with Gasteiger partial charge in [0, 0.05) is 30.9 Å².